The molecule has 0 aromatic rings. The van der Waals surface area contributed by atoms with E-state index in [1.54, 1.807) is 0 Å². The summed E-state index contributed by atoms with van der Waals surface area (Å²) in [6.07, 6.45) is -0.294. The van der Waals surface area contributed by atoms with Gasteiger partial charge in [-0.25, -0.2) is 0 Å². The number of carbonyl (C=O) groups is 1. The Balaban J connectivity index is 2.63. The van der Waals surface area contributed by atoms with Gasteiger partial charge in [0.25, 0.3) is 0 Å². The van der Waals surface area contributed by atoms with Gasteiger partial charge < -0.3 is 9.16 Å². The van der Waals surface area contributed by atoms with E-state index in [0.29, 0.717) is 6.61 Å². The third kappa shape index (κ3) is 3.47. The van der Waals surface area contributed by atoms with E-state index in [0.717, 1.165) is 0 Å². The fourth-order valence-corrected chi connectivity index (χ4v) is 2.45. The van der Waals surface area contributed by atoms with E-state index in [9.17, 15) is 4.79 Å². The quantitative estimate of drug-likeness (QED) is 0.259. The molecular weight excluding hydrogens is 250 g/mol. The fourth-order valence-electron chi connectivity index (χ4n) is 1.43. The second-order valence-electron chi connectivity index (χ2n) is 6.08. The number of nitrogens with zero attached hydrogens (tertiary/aromatic N) is 3. The highest BCUT2D eigenvalue weighted by Crippen LogP contribution is 2.37. The lowest BCUT2D eigenvalue weighted by molar-refractivity contribution is -0.142. The molecule has 0 N–H and O–H groups in total. The van der Waals surface area contributed by atoms with Crippen LogP contribution in [0.5, 0.6) is 0 Å². The van der Waals surface area contributed by atoms with Crippen molar-refractivity contribution in [2.75, 3.05) is 6.61 Å². The zero-order valence-electron chi connectivity index (χ0n) is 11.6. The molecule has 1 saturated heterocycles. The van der Waals surface area contributed by atoms with E-state index in [2.05, 4.69) is 43.9 Å². The van der Waals surface area contributed by atoms with Crippen LogP contribution in [-0.4, -0.2) is 33.0 Å². The number of cyclic esters (lactones) is 1. The summed E-state index contributed by atoms with van der Waals surface area (Å²) in [6, 6.07) is -0.438. The minimum Gasteiger partial charge on any atom is -0.459 e. The SMILES string of the molecule is CC(C)(C)[Si](C)(C)OC[C@H]1OC(=O)C[C@@H]1N=[N+]=[N-]. The summed E-state index contributed by atoms with van der Waals surface area (Å²) in [6.45, 7) is 11.0. The van der Waals surface area contributed by atoms with Gasteiger partial charge in [0.2, 0.25) is 0 Å². The van der Waals surface area contributed by atoms with Gasteiger partial charge in [0.15, 0.2) is 8.32 Å². The van der Waals surface area contributed by atoms with Crippen molar-refractivity contribution in [3.05, 3.63) is 10.4 Å². The highest BCUT2D eigenvalue weighted by atomic mass is 28.4. The molecule has 0 aromatic carbocycles. The Kier molecular flexibility index (Phi) is 4.42. The average Bonchev–Trinajstić information content (AvgIpc) is 2.55. The minimum absolute atomic E-state index is 0.101. The third-order valence-electron chi connectivity index (χ3n) is 3.70. The van der Waals surface area contributed by atoms with Crippen LogP contribution in [0.25, 0.3) is 10.4 Å². The van der Waals surface area contributed by atoms with Crippen molar-refractivity contribution in [2.24, 2.45) is 5.11 Å². The first-order valence-corrected chi connectivity index (χ1v) is 8.96. The normalized spacial score (nSPS) is 24.6. The molecule has 0 aliphatic carbocycles. The molecule has 1 heterocycles. The van der Waals surface area contributed by atoms with Crippen LogP contribution in [0.3, 0.4) is 0 Å². The Hall–Kier alpha value is -1.04. The number of esters is 1. The maximum absolute atomic E-state index is 11.2. The van der Waals surface area contributed by atoms with E-state index >= 15 is 0 Å². The van der Waals surface area contributed by atoms with Gasteiger partial charge >= 0.3 is 5.97 Å². The van der Waals surface area contributed by atoms with Crippen LogP contribution in [0.15, 0.2) is 5.11 Å². The van der Waals surface area contributed by atoms with Gasteiger partial charge in [-0.1, -0.05) is 25.9 Å². The maximum Gasteiger partial charge on any atom is 0.306 e. The highest BCUT2D eigenvalue weighted by Gasteiger charge is 2.40. The van der Waals surface area contributed by atoms with E-state index in [1.807, 2.05) is 0 Å². The van der Waals surface area contributed by atoms with Gasteiger partial charge in [0.05, 0.1) is 19.1 Å². The molecule has 0 spiro atoms. The maximum atomic E-state index is 11.2. The summed E-state index contributed by atoms with van der Waals surface area (Å²) in [5, 5.41) is 3.69. The van der Waals surface area contributed by atoms with E-state index in [1.165, 1.54) is 0 Å². The molecule has 0 unspecified atom stereocenters. The van der Waals surface area contributed by atoms with Gasteiger partial charge in [0, 0.05) is 4.91 Å². The molecule has 0 bridgehead atoms. The van der Waals surface area contributed by atoms with Crippen LogP contribution in [0, 0.1) is 0 Å². The summed E-state index contributed by atoms with van der Waals surface area (Å²) in [5.74, 6) is -0.323. The van der Waals surface area contributed by atoms with Crippen LogP contribution in [0.4, 0.5) is 0 Å². The molecule has 0 aromatic heterocycles. The molecule has 1 aliphatic heterocycles. The molecule has 6 nitrogen and oxygen atoms in total. The molecule has 7 heteroatoms. The van der Waals surface area contributed by atoms with Crippen LogP contribution >= 0.6 is 0 Å². The molecule has 18 heavy (non-hydrogen) atoms. The summed E-state index contributed by atoms with van der Waals surface area (Å²) in [5.41, 5.74) is 8.45. The van der Waals surface area contributed by atoms with Crippen molar-refractivity contribution in [3.8, 4) is 0 Å². The van der Waals surface area contributed by atoms with Crippen LogP contribution < -0.4 is 0 Å². The Bertz CT molecular complexity index is 372. The fraction of sp³-hybridized carbons (Fsp3) is 0.909. The lowest BCUT2D eigenvalue weighted by Crippen LogP contribution is -2.43. The number of hydrogen-bond donors (Lipinski definition) is 0. The van der Waals surface area contributed by atoms with E-state index in [4.69, 9.17) is 14.7 Å². The summed E-state index contributed by atoms with van der Waals surface area (Å²) in [4.78, 5) is 14.0. The monoisotopic (exact) mass is 271 g/mol. The van der Waals surface area contributed by atoms with Crippen molar-refractivity contribution in [1.82, 2.24) is 0 Å². The van der Waals surface area contributed by atoms with Crippen molar-refractivity contribution in [3.63, 3.8) is 0 Å². The van der Waals surface area contributed by atoms with Gasteiger partial charge in [-0.3, -0.25) is 4.79 Å². The van der Waals surface area contributed by atoms with Crippen molar-refractivity contribution in [1.29, 1.82) is 0 Å². The summed E-state index contributed by atoms with van der Waals surface area (Å²) < 4.78 is 11.1. The zero-order chi connectivity index (χ0) is 14.0. The lowest BCUT2D eigenvalue weighted by atomic mass is 10.2. The number of hydrogen-bond acceptors (Lipinski definition) is 4. The van der Waals surface area contributed by atoms with Crippen LogP contribution in [0.2, 0.25) is 18.1 Å². The second-order valence-corrected chi connectivity index (χ2v) is 10.9. The van der Waals surface area contributed by atoms with Crippen LogP contribution in [-0.2, 0) is 14.0 Å². The average molecular weight is 271 g/mol. The first-order valence-electron chi connectivity index (χ1n) is 6.05. The first kappa shape index (κ1) is 15.0. The number of carbonyl (C=O) groups excluding carboxylic acids is 1. The minimum atomic E-state index is -1.87. The molecule has 0 saturated carbocycles. The second kappa shape index (κ2) is 5.30. The molecule has 2 atom stereocenters. The largest absolute Gasteiger partial charge is 0.459 e. The van der Waals surface area contributed by atoms with Gasteiger partial charge in [-0.15, -0.1) is 0 Å². The first-order chi connectivity index (χ1) is 8.17. The topological polar surface area (TPSA) is 84.3 Å². The molecule has 0 amide bonds. The Morgan fingerprint density at radius 1 is 1.56 bits per heavy atom. The predicted octanol–water partition coefficient (Wildman–Crippen LogP) is 3.00. The van der Waals surface area contributed by atoms with Gasteiger partial charge in [-0.2, -0.15) is 0 Å². The Morgan fingerprint density at radius 3 is 2.67 bits per heavy atom. The van der Waals surface area contributed by atoms with Crippen molar-refractivity contribution >= 4 is 14.3 Å². The summed E-state index contributed by atoms with van der Waals surface area (Å²) in [7, 11) is -1.87. The smallest absolute Gasteiger partial charge is 0.306 e. The van der Waals surface area contributed by atoms with Gasteiger partial charge in [-0.05, 0) is 23.7 Å². The van der Waals surface area contributed by atoms with Crippen molar-refractivity contribution < 1.29 is 14.0 Å². The molecule has 1 aliphatic rings. The molecule has 102 valence electrons. The van der Waals surface area contributed by atoms with Crippen LogP contribution in [0.1, 0.15) is 27.2 Å². The lowest BCUT2D eigenvalue weighted by Gasteiger charge is -2.37. The third-order valence-corrected chi connectivity index (χ3v) is 8.20. The number of rotatable bonds is 4. The van der Waals surface area contributed by atoms with E-state index < -0.39 is 20.5 Å². The molecule has 1 fully saturated rings. The standard InChI is InChI=1S/C11H21N3O3Si/c1-11(2,3)18(4,5)16-7-9-8(13-14-12)6-10(15)17-9/h8-9H,6-7H2,1-5H3/t8-,9+/m0/s1. The van der Waals surface area contributed by atoms with Crippen molar-refractivity contribution in [2.45, 2.75) is 57.5 Å². The number of ether oxygens (including phenoxy) is 1. The highest BCUT2D eigenvalue weighted by molar-refractivity contribution is 6.74. The van der Waals surface area contributed by atoms with Gasteiger partial charge in [0.1, 0.15) is 6.10 Å². The Labute approximate surface area is 108 Å². The van der Waals surface area contributed by atoms with E-state index in [-0.39, 0.29) is 17.4 Å². The Morgan fingerprint density at radius 2 is 2.17 bits per heavy atom. The summed E-state index contributed by atoms with van der Waals surface area (Å²) >= 11 is 0. The molecule has 1 rings (SSSR count). The molecule has 0 radical (unpaired) electrons. The molecular formula is C11H21N3O3Si. The predicted molar refractivity (Wildman–Crippen MR) is 70.6 cm³/mol. The number of azide groups is 1. The zero-order valence-corrected chi connectivity index (χ0v) is 12.6.